The van der Waals surface area contributed by atoms with Crippen molar-refractivity contribution in [2.75, 3.05) is 25.1 Å². The van der Waals surface area contributed by atoms with Crippen molar-refractivity contribution in [3.8, 4) is 0 Å². The number of amides is 2. The number of carbonyl (C=O) groups is 4. The first-order valence-electron chi connectivity index (χ1n) is 9.41. The highest BCUT2D eigenvalue weighted by Crippen LogP contribution is 2.29. The molecule has 2 amide bonds. The summed E-state index contributed by atoms with van der Waals surface area (Å²) in [5.74, 6) is -2.46. The Morgan fingerprint density at radius 2 is 1.87 bits per heavy atom. The number of halogens is 1. The average molecular weight is 450 g/mol. The van der Waals surface area contributed by atoms with Gasteiger partial charge in [0.05, 0.1) is 11.3 Å². The van der Waals surface area contributed by atoms with Crippen LogP contribution >= 0.6 is 12.6 Å². The molecule has 1 aliphatic rings. The molecule has 0 aromatic heterocycles. The predicted molar refractivity (Wildman–Crippen MR) is 114 cm³/mol. The molecule has 0 saturated carbocycles. The van der Waals surface area contributed by atoms with Crippen LogP contribution in [0.5, 0.6) is 0 Å². The van der Waals surface area contributed by atoms with E-state index in [4.69, 9.17) is 9.47 Å². The van der Waals surface area contributed by atoms with Gasteiger partial charge in [0.15, 0.2) is 5.12 Å². The molecular formula is C21H23FN2O6S. The zero-order valence-corrected chi connectivity index (χ0v) is 17.6. The second-order valence-corrected chi connectivity index (χ2v) is 7.30. The Hall–Kier alpha value is -3.14. The summed E-state index contributed by atoms with van der Waals surface area (Å²) in [6.07, 6.45) is 2.25. The molecule has 1 aromatic rings. The largest absolute Gasteiger partial charge is 0.458 e. The molecule has 10 heteroatoms. The maximum Gasteiger partial charge on any atom is 0.410 e. The summed E-state index contributed by atoms with van der Waals surface area (Å²) >= 11 is 3.75. The Bertz CT molecular complexity index is 891. The molecule has 31 heavy (non-hydrogen) atoms. The highest BCUT2D eigenvalue weighted by Gasteiger charge is 2.41. The van der Waals surface area contributed by atoms with Gasteiger partial charge in [-0.05, 0) is 30.5 Å². The fourth-order valence-corrected chi connectivity index (χ4v) is 3.42. The molecule has 2 atom stereocenters. The summed E-state index contributed by atoms with van der Waals surface area (Å²) in [6, 6.07) is 2.39. The van der Waals surface area contributed by atoms with Crippen LogP contribution in [0.2, 0.25) is 0 Å². The minimum Gasteiger partial charge on any atom is -0.458 e. The Balaban J connectivity index is 2.19. The van der Waals surface area contributed by atoms with Crippen LogP contribution in [0.25, 0.3) is 0 Å². The van der Waals surface area contributed by atoms with Crippen LogP contribution in [-0.4, -0.2) is 53.8 Å². The lowest BCUT2D eigenvalue weighted by Crippen LogP contribution is -2.43. The molecule has 1 fully saturated rings. The van der Waals surface area contributed by atoms with E-state index in [-0.39, 0.29) is 54.9 Å². The van der Waals surface area contributed by atoms with E-state index in [2.05, 4.69) is 31.1 Å². The molecule has 0 unspecified atom stereocenters. The third-order valence-corrected chi connectivity index (χ3v) is 4.69. The lowest BCUT2D eigenvalue weighted by Gasteiger charge is -2.23. The van der Waals surface area contributed by atoms with Crippen LogP contribution in [0.3, 0.4) is 0 Å². The van der Waals surface area contributed by atoms with Crippen molar-refractivity contribution in [2.24, 2.45) is 5.92 Å². The van der Waals surface area contributed by atoms with Crippen LogP contribution in [0.1, 0.15) is 23.2 Å². The highest BCUT2D eigenvalue weighted by molar-refractivity contribution is 7.96. The first-order valence-corrected chi connectivity index (χ1v) is 9.86. The number of hydrogen-bond donors (Lipinski definition) is 2. The molecule has 1 saturated heterocycles. The lowest BCUT2D eigenvalue weighted by atomic mass is 10.0. The molecule has 1 heterocycles. The monoisotopic (exact) mass is 450 g/mol. The van der Waals surface area contributed by atoms with Gasteiger partial charge in [-0.2, -0.15) is 0 Å². The van der Waals surface area contributed by atoms with Crippen molar-refractivity contribution in [1.82, 2.24) is 4.90 Å². The van der Waals surface area contributed by atoms with Gasteiger partial charge in [0.1, 0.15) is 25.1 Å². The number of ether oxygens (including phenoxy) is 2. The fraction of sp³-hybridized carbons (Fsp3) is 0.333. The Kier molecular flexibility index (Phi) is 8.80. The van der Waals surface area contributed by atoms with Gasteiger partial charge >= 0.3 is 12.1 Å². The second kappa shape index (κ2) is 11.3. The Morgan fingerprint density at radius 1 is 1.19 bits per heavy atom. The van der Waals surface area contributed by atoms with Gasteiger partial charge in [0.2, 0.25) is 5.91 Å². The van der Waals surface area contributed by atoms with Crippen molar-refractivity contribution in [2.45, 2.75) is 18.9 Å². The van der Waals surface area contributed by atoms with Crippen LogP contribution in [-0.2, 0) is 19.1 Å². The van der Waals surface area contributed by atoms with E-state index in [1.54, 1.807) is 0 Å². The summed E-state index contributed by atoms with van der Waals surface area (Å²) in [7, 11) is 0. The van der Waals surface area contributed by atoms with Gasteiger partial charge in [-0.25, -0.2) is 14.0 Å². The zero-order chi connectivity index (χ0) is 23.0. The maximum absolute atomic E-state index is 14.2. The fourth-order valence-electron chi connectivity index (χ4n) is 3.16. The minimum absolute atomic E-state index is 0.0208. The second-order valence-electron chi connectivity index (χ2n) is 6.80. The standard InChI is InChI=1S/C21H23FN2O6S/c1-3-7-29-20(27)14-5-6-15(22)16(11-14)23-19(26)17-9-13(10-18(25)31)12-24(17)21(28)30-8-4-2/h3-6,11,13,17H,1-2,7-10,12H2,(H,23,26)(H,25,31)/t13-,17-/m0/s1. The van der Waals surface area contributed by atoms with Crippen molar-refractivity contribution in [3.05, 3.63) is 54.9 Å². The summed E-state index contributed by atoms with van der Waals surface area (Å²) in [6.45, 7) is 6.93. The number of anilines is 1. The summed E-state index contributed by atoms with van der Waals surface area (Å²) in [5, 5.41) is 2.03. The molecule has 1 aromatic carbocycles. The number of likely N-dealkylation sites (tertiary alicyclic amines) is 1. The molecule has 0 bridgehead atoms. The minimum atomic E-state index is -0.995. The average Bonchev–Trinajstić information content (AvgIpc) is 3.15. The quantitative estimate of drug-likeness (QED) is 0.341. The number of rotatable bonds is 9. The number of nitrogens with one attached hydrogen (secondary N) is 1. The first-order chi connectivity index (χ1) is 14.8. The highest BCUT2D eigenvalue weighted by atomic mass is 32.1. The van der Waals surface area contributed by atoms with E-state index in [1.807, 2.05) is 0 Å². The van der Waals surface area contributed by atoms with Crippen LogP contribution in [0, 0.1) is 11.7 Å². The summed E-state index contributed by atoms with van der Waals surface area (Å²) < 4.78 is 24.2. The number of benzene rings is 1. The zero-order valence-electron chi connectivity index (χ0n) is 16.7. The van der Waals surface area contributed by atoms with Crippen molar-refractivity contribution >= 4 is 41.4 Å². The van der Waals surface area contributed by atoms with Gasteiger partial charge in [0.25, 0.3) is 0 Å². The van der Waals surface area contributed by atoms with E-state index < -0.39 is 29.8 Å². The lowest BCUT2D eigenvalue weighted by molar-refractivity contribution is -0.120. The number of esters is 1. The molecule has 2 rings (SSSR count). The first kappa shape index (κ1) is 24.1. The Morgan fingerprint density at radius 3 is 2.52 bits per heavy atom. The van der Waals surface area contributed by atoms with Gasteiger partial charge in [0, 0.05) is 13.0 Å². The van der Waals surface area contributed by atoms with Crippen molar-refractivity contribution < 1.29 is 33.0 Å². The molecule has 8 nitrogen and oxygen atoms in total. The van der Waals surface area contributed by atoms with E-state index >= 15 is 0 Å². The van der Waals surface area contributed by atoms with Crippen molar-refractivity contribution in [3.63, 3.8) is 0 Å². The van der Waals surface area contributed by atoms with Crippen LogP contribution < -0.4 is 5.32 Å². The number of thiol groups is 1. The molecule has 0 spiro atoms. The third kappa shape index (κ3) is 6.68. The molecule has 1 aliphatic heterocycles. The molecule has 0 aliphatic carbocycles. The number of hydrogen-bond acceptors (Lipinski definition) is 6. The smallest absolute Gasteiger partial charge is 0.410 e. The SMILES string of the molecule is C=CCOC(=O)c1ccc(F)c(NC(=O)[C@@H]2C[C@@H](CC(=O)S)CN2C(=O)OCC=C)c1. The van der Waals surface area contributed by atoms with E-state index in [1.165, 1.54) is 23.1 Å². The topological polar surface area (TPSA) is 102 Å². The van der Waals surface area contributed by atoms with Gasteiger partial charge in [-0.3, -0.25) is 14.5 Å². The number of carbonyl (C=O) groups excluding carboxylic acids is 4. The molecule has 1 N–H and O–H groups in total. The van der Waals surface area contributed by atoms with Crippen molar-refractivity contribution in [1.29, 1.82) is 0 Å². The maximum atomic E-state index is 14.2. The Labute approximate surface area is 184 Å². The van der Waals surface area contributed by atoms with E-state index in [0.29, 0.717) is 0 Å². The molecular weight excluding hydrogens is 427 g/mol. The molecule has 166 valence electrons. The summed E-state index contributed by atoms with van der Waals surface area (Å²) in [5.41, 5.74) is -0.211. The summed E-state index contributed by atoms with van der Waals surface area (Å²) in [4.78, 5) is 49.7. The van der Waals surface area contributed by atoms with Crippen LogP contribution in [0.15, 0.2) is 43.5 Å². The number of nitrogens with zero attached hydrogens (tertiary/aromatic N) is 1. The van der Waals surface area contributed by atoms with E-state index in [9.17, 15) is 23.6 Å². The normalized spacial score (nSPS) is 17.5. The molecule has 0 radical (unpaired) electrons. The van der Waals surface area contributed by atoms with Gasteiger partial charge < -0.3 is 14.8 Å². The van der Waals surface area contributed by atoms with Gasteiger partial charge in [-0.15, -0.1) is 12.6 Å². The van der Waals surface area contributed by atoms with E-state index in [0.717, 1.165) is 12.1 Å². The predicted octanol–water partition coefficient (Wildman–Crippen LogP) is 2.97. The van der Waals surface area contributed by atoms with Crippen LogP contribution in [0.4, 0.5) is 14.9 Å². The van der Waals surface area contributed by atoms with Gasteiger partial charge in [-0.1, -0.05) is 25.3 Å². The third-order valence-electron chi connectivity index (χ3n) is 4.51.